The van der Waals surface area contributed by atoms with E-state index >= 15 is 0 Å². The summed E-state index contributed by atoms with van der Waals surface area (Å²) in [6.07, 6.45) is 4.00. The summed E-state index contributed by atoms with van der Waals surface area (Å²) < 4.78 is 27.9. The molecule has 1 heterocycles. The average Bonchev–Trinajstić information content (AvgIpc) is 2.84. The molecule has 0 aliphatic heterocycles. The van der Waals surface area contributed by atoms with Gasteiger partial charge in [-0.15, -0.1) is 11.3 Å². The Morgan fingerprint density at radius 2 is 2.06 bits per heavy atom. The molecule has 18 heavy (non-hydrogen) atoms. The Morgan fingerprint density at radius 3 is 2.61 bits per heavy atom. The number of nitrogens with two attached hydrogens (primary N) is 1. The van der Waals surface area contributed by atoms with Crippen molar-refractivity contribution < 1.29 is 8.42 Å². The second kappa shape index (κ2) is 4.92. The SMILES string of the molecule is Cc1csc(CN)c1S(=O)(=O)NC1(C)CCCC1. The summed E-state index contributed by atoms with van der Waals surface area (Å²) in [4.78, 5) is 1.13. The molecule has 0 atom stereocenters. The third-order valence-corrected chi connectivity index (χ3v) is 6.65. The van der Waals surface area contributed by atoms with Crippen molar-refractivity contribution in [2.45, 2.75) is 56.5 Å². The minimum absolute atomic E-state index is 0.269. The lowest BCUT2D eigenvalue weighted by atomic mass is 10.0. The van der Waals surface area contributed by atoms with E-state index in [1.165, 1.54) is 11.3 Å². The molecular weight excluding hydrogens is 268 g/mol. The number of thiophene rings is 1. The highest BCUT2D eigenvalue weighted by Gasteiger charge is 2.35. The predicted octanol–water partition coefficient (Wildman–Crippen LogP) is 2.13. The summed E-state index contributed by atoms with van der Waals surface area (Å²) in [7, 11) is -3.45. The summed E-state index contributed by atoms with van der Waals surface area (Å²) in [6, 6.07) is 0. The van der Waals surface area contributed by atoms with Gasteiger partial charge in [-0.3, -0.25) is 0 Å². The van der Waals surface area contributed by atoms with Crippen molar-refractivity contribution in [2.75, 3.05) is 0 Å². The van der Waals surface area contributed by atoms with Crippen LogP contribution >= 0.6 is 11.3 Å². The zero-order valence-corrected chi connectivity index (χ0v) is 12.5. The molecule has 0 bridgehead atoms. The van der Waals surface area contributed by atoms with Crippen molar-refractivity contribution in [3.63, 3.8) is 0 Å². The fraction of sp³-hybridized carbons (Fsp3) is 0.667. The van der Waals surface area contributed by atoms with E-state index in [2.05, 4.69) is 4.72 Å². The van der Waals surface area contributed by atoms with Gasteiger partial charge >= 0.3 is 0 Å². The normalized spacial score (nSPS) is 19.3. The monoisotopic (exact) mass is 288 g/mol. The molecule has 0 unspecified atom stereocenters. The molecule has 1 saturated carbocycles. The largest absolute Gasteiger partial charge is 0.326 e. The minimum atomic E-state index is -3.45. The van der Waals surface area contributed by atoms with Gasteiger partial charge in [0.25, 0.3) is 0 Å². The van der Waals surface area contributed by atoms with E-state index in [1.807, 2.05) is 19.2 Å². The topological polar surface area (TPSA) is 72.2 Å². The number of hydrogen-bond donors (Lipinski definition) is 2. The quantitative estimate of drug-likeness (QED) is 0.891. The maximum absolute atomic E-state index is 12.5. The van der Waals surface area contributed by atoms with Crippen LogP contribution in [-0.2, 0) is 16.6 Å². The summed E-state index contributed by atoms with van der Waals surface area (Å²) >= 11 is 1.42. The molecule has 1 aromatic heterocycles. The van der Waals surface area contributed by atoms with Gasteiger partial charge in [-0.25, -0.2) is 13.1 Å². The molecule has 1 aliphatic rings. The van der Waals surface area contributed by atoms with E-state index < -0.39 is 10.0 Å². The van der Waals surface area contributed by atoms with Gasteiger partial charge in [-0.1, -0.05) is 12.8 Å². The second-order valence-electron chi connectivity index (χ2n) is 5.25. The Hall–Kier alpha value is -0.430. The highest BCUT2D eigenvalue weighted by Crippen LogP contribution is 2.33. The summed E-state index contributed by atoms with van der Waals surface area (Å²) in [5.41, 5.74) is 6.11. The fourth-order valence-electron chi connectivity index (χ4n) is 2.62. The molecule has 3 N–H and O–H groups in total. The van der Waals surface area contributed by atoms with Crippen LogP contribution < -0.4 is 10.5 Å². The van der Waals surface area contributed by atoms with E-state index in [1.54, 1.807) is 0 Å². The molecule has 2 rings (SSSR count). The molecule has 1 aliphatic carbocycles. The van der Waals surface area contributed by atoms with E-state index in [0.29, 0.717) is 4.90 Å². The van der Waals surface area contributed by atoms with Gasteiger partial charge in [-0.2, -0.15) is 0 Å². The van der Waals surface area contributed by atoms with Gasteiger partial charge in [0.1, 0.15) is 4.90 Å². The standard InChI is InChI=1S/C12H20N2O2S2/c1-9-8-17-10(7-13)11(9)18(15,16)14-12(2)5-3-4-6-12/h8,14H,3-7,13H2,1-2H3. The maximum atomic E-state index is 12.5. The molecule has 0 saturated heterocycles. The molecule has 0 aromatic carbocycles. The highest BCUT2D eigenvalue weighted by molar-refractivity contribution is 7.89. The van der Waals surface area contributed by atoms with Crippen LogP contribution in [0.15, 0.2) is 10.3 Å². The molecule has 1 aromatic rings. The average molecular weight is 288 g/mol. The highest BCUT2D eigenvalue weighted by atomic mass is 32.2. The first kappa shape index (κ1) is 14.0. The summed E-state index contributed by atoms with van der Waals surface area (Å²) in [6.45, 7) is 4.08. The lowest BCUT2D eigenvalue weighted by Gasteiger charge is -2.25. The van der Waals surface area contributed by atoms with Crippen molar-refractivity contribution in [3.8, 4) is 0 Å². The van der Waals surface area contributed by atoms with Crippen LogP contribution in [0.25, 0.3) is 0 Å². The third kappa shape index (κ3) is 2.61. The smallest absolute Gasteiger partial charge is 0.242 e. The van der Waals surface area contributed by atoms with Gasteiger partial charge in [0, 0.05) is 17.0 Å². The van der Waals surface area contributed by atoms with Crippen LogP contribution in [0.4, 0.5) is 0 Å². The van der Waals surface area contributed by atoms with Crippen molar-refractivity contribution in [1.29, 1.82) is 0 Å². The molecule has 0 amide bonds. The van der Waals surface area contributed by atoms with E-state index in [9.17, 15) is 8.42 Å². The van der Waals surface area contributed by atoms with Crippen molar-refractivity contribution in [1.82, 2.24) is 4.72 Å². The Bertz CT molecular complexity index is 528. The summed E-state index contributed by atoms with van der Waals surface area (Å²) in [5, 5.41) is 1.85. The first-order chi connectivity index (χ1) is 8.38. The van der Waals surface area contributed by atoms with Crippen molar-refractivity contribution in [2.24, 2.45) is 5.73 Å². The Labute approximate surface area is 113 Å². The number of rotatable bonds is 4. The van der Waals surface area contributed by atoms with Crippen LogP contribution in [-0.4, -0.2) is 14.0 Å². The molecule has 0 spiro atoms. The molecule has 6 heteroatoms. The van der Waals surface area contributed by atoms with Gasteiger partial charge in [0.15, 0.2) is 0 Å². The van der Waals surface area contributed by atoms with Gasteiger partial charge in [0.05, 0.1) is 0 Å². The Morgan fingerprint density at radius 1 is 1.44 bits per heavy atom. The molecule has 4 nitrogen and oxygen atoms in total. The van der Waals surface area contributed by atoms with Crippen LogP contribution in [0.2, 0.25) is 0 Å². The van der Waals surface area contributed by atoms with Gasteiger partial charge in [0.2, 0.25) is 10.0 Å². The van der Waals surface area contributed by atoms with Crippen LogP contribution in [0.1, 0.15) is 43.0 Å². The zero-order chi connectivity index (χ0) is 13.4. The number of aryl methyl sites for hydroxylation is 1. The van der Waals surface area contributed by atoms with E-state index in [-0.39, 0.29) is 12.1 Å². The number of sulfonamides is 1. The number of hydrogen-bond acceptors (Lipinski definition) is 4. The van der Waals surface area contributed by atoms with Crippen molar-refractivity contribution in [3.05, 3.63) is 15.8 Å². The maximum Gasteiger partial charge on any atom is 0.242 e. The summed E-state index contributed by atoms with van der Waals surface area (Å²) in [5.74, 6) is 0. The first-order valence-corrected chi connectivity index (χ1v) is 8.55. The first-order valence-electron chi connectivity index (χ1n) is 6.19. The van der Waals surface area contributed by atoms with Crippen LogP contribution in [0.3, 0.4) is 0 Å². The van der Waals surface area contributed by atoms with Crippen LogP contribution in [0, 0.1) is 6.92 Å². The van der Waals surface area contributed by atoms with E-state index in [4.69, 9.17) is 5.73 Å². The molecule has 1 fully saturated rings. The van der Waals surface area contributed by atoms with Crippen molar-refractivity contribution >= 4 is 21.4 Å². The lowest BCUT2D eigenvalue weighted by Crippen LogP contribution is -2.43. The molecule has 0 radical (unpaired) electrons. The van der Waals surface area contributed by atoms with Gasteiger partial charge in [-0.05, 0) is 37.6 Å². The van der Waals surface area contributed by atoms with Crippen LogP contribution in [0.5, 0.6) is 0 Å². The minimum Gasteiger partial charge on any atom is -0.326 e. The second-order valence-corrected chi connectivity index (χ2v) is 7.83. The number of nitrogens with one attached hydrogen (secondary N) is 1. The Kier molecular flexibility index (Phi) is 3.82. The zero-order valence-electron chi connectivity index (χ0n) is 10.8. The Balaban J connectivity index is 2.33. The third-order valence-electron chi connectivity index (χ3n) is 3.53. The molecular formula is C12H20N2O2S2. The van der Waals surface area contributed by atoms with E-state index in [0.717, 1.165) is 36.1 Å². The molecule has 102 valence electrons. The van der Waals surface area contributed by atoms with Gasteiger partial charge < -0.3 is 5.73 Å². The predicted molar refractivity (Wildman–Crippen MR) is 74.1 cm³/mol. The lowest BCUT2D eigenvalue weighted by molar-refractivity contribution is 0.427. The fourth-order valence-corrected chi connectivity index (χ4v) is 5.79.